The summed E-state index contributed by atoms with van der Waals surface area (Å²) in [7, 11) is 0. The molecule has 1 aliphatic carbocycles. The van der Waals surface area contributed by atoms with E-state index in [0.29, 0.717) is 5.92 Å². The summed E-state index contributed by atoms with van der Waals surface area (Å²) in [6.07, 6.45) is -2.46. The molecule has 1 unspecified atom stereocenters. The quantitative estimate of drug-likeness (QED) is 0.866. The lowest BCUT2D eigenvalue weighted by Crippen LogP contribution is -2.44. The lowest BCUT2D eigenvalue weighted by Gasteiger charge is -2.37. The Morgan fingerprint density at radius 1 is 1.39 bits per heavy atom. The molecule has 1 aromatic rings. The summed E-state index contributed by atoms with van der Waals surface area (Å²) in [5, 5.41) is 12.7. The van der Waals surface area contributed by atoms with E-state index in [1.165, 1.54) is 5.56 Å². The van der Waals surface area contributed by atoms with Crippen molar-refractivity contribution < 1.29 is 13.9 Å². The van der Waals surface area contributed by atoms with Gasteiger partial charge < -0.3 is 10.4 Å². The van der Waals surface area contributed by atoms with Crippen molar-refractivity contribution in [2.24, 2.45) is 0 Å². The molecule has 2 nitrogen and oxygen atoms in total. The van der Waals surface area contributed by atoms with E-state index in [4.69, 9.17) is 16.7 Å². The minimum absolute atomic E-state index is 0.0510. The second-order valence-corrected chi connectivity index (χ2v) is 5.17. The van der Waals surface area contributed by atoms with Crippen LogP contribution in [0.2, 0.25) is 5.02 Å². The Morgan fingerprint density at radius 3 is 2.72 bits per heavy atom. The van der Waals surface area contributed by atoms with Gasteiger partial charge in [0.1, 0.15) is 6.10 Å². The van der Waals surface area contributed by atoms with Crippen molar-refractivity contribution in [3.63, 3.8) is 0 Å². The number of nitrogens with one attached hydrogen (secondary N) is 1. The first-order chi connectivity index (χ1) is 8.56. The number of aliphatic hydroxyl groups is 1. The highest BCUT2D eigenvalue weighted by atomic mass is 35.5. The normalized spacial score (nSPS) is 24.9. The molecular weight excluding hydrogens is 260 g/mol. The first kappa shape index (κ1) is 13.7. The lowest BCUT2D eigenvalue weighted by atomic mass is 9.76. The number of hydrogen-bond donors (Lipinski definition) is 2. The van der Waals surface area contributed by atoms with Gasteiger partial charge in [0, 0.05) is 17.6 Å². The third-order valence-electron chi connectivity index (χ3n) is 3.36. The number of rotatable bonds is 5. The van der Waals surface area contributed by atoms with Crippen molar-refractivity contribution in [1.82, 2.24) is 5.32 Å². The fraction of sp³-hybridized carbons (Fsp3) is 0.538. The summed E-state index contributed by atoms with van der Waals surface area (Å²) in [6, 6.07) is 7.93. The highest BCUT2D eigenvalue weighted by molar-refractivity contribution is 6.30. The van der Waals surface area contributed by atoms with Crippen LogP contribution in [0.15, 0.2) is 24.3 Å². The van der Waals surface area contributed by atoms with Gasteiger partial charge in [-0.1, -0.05) is 23.7 Å². The molecule has 0 spiro atoms. The number of halogens is 3. The van der Waals surface area contributed by atoms with Crippen molar-refractivity contribution in [2.75, 3.05) is 6.54 Å². The van der Waals surface area contributed by atoms with Gasteiger partial charge in [0.2, 0.25) is 0 Å². The fourth-order valence-electron chi connectivity index (χ4n) is 2.19. The summed E-state index contributed by atoms with van der Waals surface area (Å²) in [5.74, 6) is 0.435. The average molecular weight is 276 g/mol. The molecule has 2 N–H and O–H groups in total. The van der Waals surface area contributed by atoms with Crippen LogP contribution in [0, 0.1) is 0 Å². The van der Waals surface area contributed by atoms with E-state index in [0.717, 1.165) is 17.9 Å². The molecule has 1 fully saturated rings. The second-order valence-electron chi connectivity index (χ2n) is 4.73. The summed E-state index contributed by atoms with van der Waals surface area (Å²) in [5.41, 5.74) is 1.19. The Morgan fingerprint density at radius 2 is 2.11 bits per heavy atom. The Balaban J connectivity index is 1.74. The SMILES string of the molecule is OC(CNC1CC(c2cccc(Cl)c2)C1)C(F)F. The van der Waals surface area contributed by atoms with Crippen molar-refractivity contribution in [3.8, 4) is 0 Å². The first-order valence-corrected chi connectivity index (χ1v) is 6.39. The topological polar surface area (TPSA) is 32.3 Å². The maximum absolute atomic E-state index is 12.1. The maximum Gasteiger partial charge on any atom is 0.265 e. The van der Waals surface area contributed by atoms with Crippen molar-refractivity contribution in [1.29, 1.82) is 0 Å². The van der Waals surface area contributed by atoms with Gasteiger partial charge in [-0.15, -0.1) is 0 Å². The summed E-state index contributed by atoms with van der Waals surface area (Å²) in [6.45, 7) is -0.0510. The molecule has 0 aliphatic heterocycles. The highest BCUT2D eigenvalue weighted by Crippen LogP contribution is 2.37. The molecule has 0 saturated heterocycles. The largest absolute Gasteiger partial charge is 0.386 e. The molecule has 0 amide bonds. The van der Waals surface area contributed by atoms with Gasteiger partial charge in [-0.2, -0.15) is 0 Å². The Bertz CT molecular complexity index is 396. The smallest absolute Gasteiger partial charge is 0.265 e. The van der Waals surface area contributed by atoms with Crippen molar-refractivity contribution in [3.05, 3.63) is 34.9 Å². The van der Waals surface area contributed by atoms with Gasteiger partial charge >= 0.3 is 0 Å². The standard InChI is InChI=1S/C13H16ClF2NO/c14-10-3-1-2-8(4-10)9-5-11(6-9)17-7-12(18)13(15)16/h1-4,9,11-13,17-18H,5-7H2. The lowest BCUT2D eigenvalue weighted by molar-refractivity contribution is -0.00634. The molecule has 1 saturated carbocycles. The number of hydrogen-bond acceptors (Lipinski definition) is 2. The summed E-state index contributed by atoms with van der Waals surface area (Å²) in [4.78, 5) is 0. The van der Waals surface area contributed by atoms with Gasteiger partial charge in [0.05, 0.1) is 0 Å². The Labute approximate surface area is 110 Å². The third kappa shape index (κ3) is 3.40. The molecule has 1 aliphatic rings. The van der Waals surface area contributed by atoms with Crippen LogP contribution in [0.5, 0.6) is 0 Å². The molecule has 1 atom stereocenters. The van der Waals surface area contributed by atoms with Gasteiger partial charge in [-0.05, 0) is 36.5 Å². The van der Waals surface area contributed by atoms with Crippen molar-refractivity contribution >= 4 is 11.6 Å². The van der Waals surface area contributed by atoms with Crippen LogP contribution in [-0.2, 0) is 0 Å². The second kappa shape index (κ2) is 5.95. The van der Waals surface area contributed by atoms with E-state index in [1.807, 2.05) is 24.3 Å². The minimum atomic E-state index is -2.68. The molecule has 1 aromatic carbocycles. The average Bonchev–Trinajstić information content (AvgIpc) is 2.26. The zero-order chi connectivity index (χ0) is 13.1. The van der Waals surface area contributed by atoms with Crippen LogP contribution in [0.3, 0.4) is 0 Å². The van der Waals surface area contributed by atoms with Gasteiger partial charge in [0.25, 0.3) is 6.43 Å². The molecule has 18 heavy (non-hydrogen) atoms. The zero-order valence-electron chi connectivity index (χ0n) is 9.82. The Hall–Kier alpha value is -0.710. The zero-order valence-corrected chi connectivity index (χ0v) is 10.6. The number of aliphatic hydroxyl groups excluding tert-OH is 1. The number of benzene rings is 1. The predicted octanol–water partition coefficient (Wildman–Crippen LogP) is 2.80. The summed E-state index contributed by atoms with van der Waals surface area (Å²) < 4.78 is 24.2. The molecule has 5 heteroatoms. The molecule has 0 bridgehead atoms. The first-order valence-electron chi connectivity index (χ1n) is 6.01. The van der Waals surface area contributed by atoms with Crippen LogP contribution in [0.1, 0.15) is 24.3 Å². The monoisotopic (exact) mass is 275 g/mol. The molecule has 0 aromatic heterocycles. The molecule has 100 valence electrons. The molecular formula is C13H16ClF2NO. The van der Waals surface area contributed by atoms with E-state index in [9.17, 15) is 8.78 Å². The van der Waals surface area contributed by atoms with E-state index in [-0.39, 0.29) is 12.6 Å². The van der Waals surface area contributed by atoms with Gasteiger partial charge in [-0.3, -0.25) is 0 Å². The minimum Gasteiger partial charge on any atom is -0.386 e. The van der Waals surface area contributed by atoms with Gasteiger partial charge in [-0.25, -0.2) is 8.78 Å². The molecule has 0 radical (unpaired) electrons. The van der Waals surface area contributed by atoms with E-state index < -0.39 is 12.5 Å². The summed E-state index contributed by atoms with van der Waals surface area (Å²) >= 11 is 5.91. The van der Waals surface area contributed by atoms with Crippen LogP contribution < -0.4 is 5.32 Å². The van der Waals surface area contributed by atoms with Gasteiger partial charge in [0.15, 0.2) is 0 Å². The van der Waals surface area contributed by atoms with E-state index >= 15 is 0 Å². The molecule has 2 rings (SSSR count). The fourth-order valence-corrected chi connectivity index (χ4v) is 2.39. The van der Waals surface area contributed by atoms with Crippen LogP contribution in [-0.4, -0.2) is 30.2 Å². The van der Waals surface area contributed by atoms with E-state index in [1.54, 1.807) is 0 Å². The Kier molecular flexibility index (Phi) is 4.54. The number of alkyl halides is 2. The molecule has 0 heterocycles. The van der Waals surface area contributed by atoms with Crippen LogP contribution in [0.4, 0.5) is 8.78 Å². The van der Waals surface area contributed by atoms with Crippen LogP contribution in [0.25, 0.3) is 0 Å². The highest BCUT2D eigenvalue weighted by Gasteiger charge is 2.31. The predicted molar refractivity (Wildman–Crippen MR) is 67.2 cm³/mol. The third-order valence-corrected chi connectivity index (χ3v) is 3.60. The van der Waals surface area contributed by atoms with Crippen molar-refractivity contribution in [2.45, 2.75) is 37.3 Å². The van der Waals surface area contributed by atoms with Crippen LogP contribution >= 0.6 is 11.6 Å². The maximum atomic E-state index is 12.1. The van der Waals surface area contributed by atoms with E-state index in [2.05, 4.69) is 5.32 Å².